The quantitative estimate of drug-likeness (QED) is 0.894. The molecule has 0 aliphatic carbocycles. The van der Waals surface area contributed by atoms with Crippen LogP contribution in [0.5, 0.6) is 0 Å². The number of carbonyl (C=O) groups is 1. The summed E-state index contributed by atoms with van der Waals surface area (Å²) in [5.41, 5.74) is -0.384. The number of carboxylic acid groups (broad SMARTS) is 1. The molecule has 3 nitrogen and oxygen atoms in total. The second-order valence-corrected chi connectivity index (χ2v) is 5.17. The normalized spacial score (nSPS) is 11.3. The molecular weight excluding hydrogens is 291 g/mol. The van der Waals surface area contributed by atoms with Crippen LogP contribution >= 0.6 is 11.3 Å². The average molecular weight is 301 g/mol. The van der Waals surface area contributed by atoms with Gasteiger partial charge in [0.15, 0.2) is 0 Å². The van der Waals surface area contributed by atoms with Gasteiger partial charge in [0.2, 0.25) is 0 Å². The number of nitrogens with one attached hydrogen (secondary N) is 1. The van der Waals surface area contributed by atoms with Crippen molar-refractivity contribution in [1.82, 2.24) is 0 Å². The second kappa shape index (κ2) is 5.54. The third-order valence-electron chi connectivity index (χ3n) is 2.53. The highest BCUT2D eigenvalue weighted by Crippen LogP contribution is 2.30. The third kappa shape index (κ3) is 3.51. The molecule has 7 heteroatoms. The van der Waals surface area contributed by atoms with Gasteiger partial charge in [-0.15, -0.1) is 11.3 Å². The molecule has 106 valence electrons. The van der Waals surface area contributed by atoms with Crippen molar-refractivity contribution in [3.63, 3.8) is 0 Å². The van der Waals surface area contributed by atoms with E-state index in [0.29, 0.717) is 5.69 Å². The summed E-state index contributed by atoms with van der Waals surface area (Å²) >= 11 is 1.09. The highest BCUT2D eigenvalue weighted by Gasteiger charge is 2.30. The fourth-order valence-corrected chi connectivity index (χ4v) is 2.37. The summed E-state index contributed by atoms with van der Waals surface area (Å²) in [6, 6.07) is 7.97. The first-order valence-corrected chi connectivity index (χ1v) is 6.41. The van der Waals surface area contributed by atoms with E-state index in [4.69, 9.17) is 5.11 Å². The lowest BCUT2D eigenvalue weighted by Crippen LogP contribution is -2.06. The second-order valence-electron chi connectivity index (χ2n) is 4.00. The maximum atomic E-state index is 12.5. The van der Waals surface area contributed by atoms with Gasteiger partial charge in [0.25, 0.3) is 0 Å². The molecule has 0 aliphatic rings. The highest BCUT2D eigenvalue weighted by molar-refractivity contribution is 7.13. The molecule has 0 saturated carbocycles. The van der Waals surface area contributed by atoms with Gasteiger partial charge in [-0.2, -0.15) is 13.2 Å². The molecule has 0 aliphatic heterocycles. The van der Waals surface area contributed by atoms with Gasteiger partial charge in [-0.05, 0) is 30.3 Å². The Bertz CT molecular complexity index is 622. The molecule has 0 spiro atoms. The average Bonchev–Trinajstić information content (AvgIpc) is 2.85. The fourth-order valence-electron chi connectivity index (χ4n) is 1.58. The number of halogens is 3. The van der Waals surface area contributed by atoms with E-state index in [2.05, 4.69) is 5.32 Å². The summed E-state index contributed by atoms with van der Waals surface area (Å²) in [6.07, 6.45) is -4.38. The predicted molar refractivity (Wildman–Crippen MR) is 70.0 cm³/mol. The van der Waals surface area contributed by atoms with E-state index in [1.807, 2.05) is 0 Å². The Labute approximate surface area is 116 Å². The molecule has 20 heavy (non-hydrogen) atoms. The Hall–Kier alpha value is -2.02. The number of carboxylic acids is 1. The number of anilines is 1. The Morgan fingerprint density at radius 1 is 1.25 bits per heavy atom. The van der Waals surface area contributed by atoms with Crippen LogP contribution < -0.4 is 5.32 Å². The lowest BCUT2D eigenvalue weighted by molar-refractivity contribution is -0.137. The summed E-state index contributed by atoms with van der Waals surface area (Å²) in [7, 11) is 0. The molecule has 0 amide bonds. The molecule has 1 heterocycles. The number of alkyl halides is 3. The lowest BCUT2D eigenvalue weighted by Gasteiger charge is -2.09. The van der Waals surface area contributed by atoms with E-state index in [1.54, 1.807) is 6.07 Å². The summed E-state index contributed by atoms with van der Waals surface area (Å²) in [4.78, 5) is 11.6. The van der Waals surface area contributed by atoms with Crippen molar-refractivity contribution in [3.8, 4) is 0 Å². The maximum absolute atomic E-state index is 12.5. The molecular formula is C13H10F3NO2S. The van der Waals surface area contributed by atoms with Gasteiger partial charge < -0.3 is 10.4 Å². The van der Waals surface area contributed by atoms with Crippen LogP contribution in [0.15, 0.2) is 36.4 Å². The molecule has 0 bridgehead atoms. The fraction of sp³-hybridized carbons (Fsp3) is 0.154. The van der Waals surface area contributed by atoms with E-state index in [1.165, 1.54) is 18.2 Å². The van der Waals surface area contributed by atoms with Crippen LogP contribution in [-0.4, -0.2) is 11.1 Å². The summed E-state index contributed by atoms with van der Waals surface area (Å²) in [5, 5.41) is 11.6. The van der Waals surface area contributed by atoms with Gasteiger partial charge in [0, 0.05) is 17.1 Å². The first kappa shape index (κ1) is 14.4. The third-order valence-corrected chi connectivity index (χ3v) is 3.60. The zero-order valence-electron chi connectivity index (χ0n) is 10.1. The van der Waals surface area contributed by atoms with E-state index in [9.17, 15) is 18.0 Å². The van der Waals surface area contributed by atoms with Crippen LogP contribution in [0.4, 0.5) is 18.9 Å². The minimum Gasteiger partial charge on any atom is -0.477 e. The number of benzene rings is 1. The molecule has 1 aromatic carbocycles. The van der Waals surface area contributed by atoms with Gasteiger partial charge in [-0.3, -0.25) is 0 Å². The summed E-state index contributed by atoms with van der Waals surface area (Å²) in [6.45, 7) is 0.277. The molecule has 2 N–H and O–H groups in total. The molecule has 2 rings (SSSR count). The first-order chi connectivity index (χ1) is 9.36. The van der Waals surface area contributed by atoms with Crippen LogP contribution in [0.25, 0.3) is 0 Å². The van der Waals surface area contributed by atoms with E-state index < -0.39 is 17.7 Å². The summed E-state index contributed by atoms with van der Waals surface area (Å²) in [5.74, 6) is -1.01. The predicted octanol–water partition coefficient (Wildman–Crippen LogP) is 4.08. The van der Waals surface area contributed by atoms with E-state index >= 15 is 0 Å². The largest absolute Gasteiger partial charge is 0.477 e. The maximum Gasteiger partial charge on any atom is 0.416 e. The van der Waals surface area contributed by atoms with E-state index in [-0.39, 0.29) is 11.4 Å². The van der Waals surface area contributed by atoms with Crippen LogP contribution in [0.3, 0.4) is 0 Å². The minimum absolute atomic E-state index is 0.200. The molecule has 0 atom stereocenters. The monoisotopic (exact) mass is 301 g/mol. The molecule has 0 radical (unpaired) electrons. The number of hydrogen-bond donors (Lipinski definition) is 2. The smallest absolute Gasteiger partial charge is 0.416 e. The van der Waals surface area contributed by atoms with Crippen molar-refractivity contribution in [2.45, 2.75) is 12.7 Å². The Morgan fingerprint density at radius 3 is 2.60 bits per heavy atom. The molecule has 0 saturated heterocycles. The van der Waals surface area contributed by atoms with Crippen molar-refractivity contribution >= 4 is 23.0 Å². The van der Waals surface area contributed by atoms with Gasteiger partial charge in [-0.1, -0.05) is 6.07 Å². The summed E-state index contributed by atoms with van der Waals surface area (Å²) < 4.78 is 37.6. The van der Waals surface area contributed by atoms with Crippen LogP contribution in [-0.2, 0) is 12.7 Å². The molecule has 0 fully saturated rings. The molecule has 0 unspecified atom stereocenters. The number of aromatic carboxylic acids is 1. The zero-order chi connectivity index (χ0) is 14.8. The topological polar surface area (TPSA) is 49.3 Å². The Kier molecular flexibility index (Phi) is 3.99. The number of thiophene rings is 1. The zero-order valence-corrected chi connectivity index (χ0v) is 10.9. The first-order valence-electron chi connectivity index (χ1n) is 5.59. The molecule has 1 aromatic heterocycles. The van der Waals surface area contributed by atoms with Crippen molar-refractivity contribution in [3.05, 3.63) is 51.7 Å². The SMILES string of the molecule is O=C(O)c1ccc(CNc2cccc(C(F)(F)F)c2)s1. The minimum atomic E-state index is -4.38. The van der Waals surface area contributed by atoms with Gasteiger partial charge in [-0.25, -0.2) is 4.79 Å². The van der Waals surface area contributed by atoms with Crippen LogP contribution in [0.1, 0.15) is 20.1 Å². The molecule has 2 aromatic rings. The van der Waals surface area contributed by atoms with E-state index in [0.717, 1.165) is 28.3 Å². The van der Waals surface area contributed by atoms with Gasteiger partial charge >= 0.3 is 12.1 Å². The van der Waals surface area contributed by atoms with Crippen LogP contribution in [0, 0.1) is 0 Å². The van der Waals surface area contributed by atoms with Crippen molar-refractivity contribution in [2.75, 3.05) is 5.32 Å². The van der Waals surface area contributed by atoms with Crippen LogP contribution in [0.2, 0.25) is 0 Å². The van der Waals surface area contributed by atoms with Crippen molar-refractivity contribution < 1.29 is 23.1 Å². The Balaban J connectivity index is 2.05. The van der Waals surface area contributed by atoms with Gasteiger partial charge in [0.05, 0.1) is 5.56 Å². The lowest BCUT2D eigenvalue weighted by atomic mass is 10.2. The number of rotatable bonds is 4. The van der Waals surface area contributed by atoms with Gasteiger partial charge in [0.1, 0.15) is 4.88 Å². The van der Waals surface area contributed by atoms with Crippen molar-refractivity contribution in [1.29, 1.82) is 0 Å². The number of hydrogen-bond acceptors (Lipinski definition) is 3. The Morgan fingerprint density at radius 2 is 2.00 bits per heavy atom. The highest BCUT2D eigenvalue weighted by atomic mass is 32.1. The standard InChI is InChI=1S/C13H10F3NO2S/c14-13(15,16)8-2-1-3-9(6-8)17-7-10-4-5-11(20-10)12(18)19/h1-6,17H,7H2,(H,18,19). The van der Waals surface area contributed by atoms with Crippen molar-refractivity contribution in [2.24, 2.45) is 0 Å².